The second-order valence-electron chi connectivity index (χ2n) is 5.36. The van der Waals surface area contributed by atoms with Gasteiger partial charge in [-0.25, -0.2) is 0 Å². The maximum Gasteiger partial charge on any atom is 0.254 e. The molecule has 2 heterocycles. The van der Waals surface area contributed by atoms with E-state index in [4.69, 9.17) is 11.6 Å². The number of nitrogens with zero attached hydrogens (tertiary/aromatic N) is 1. The molecular formula is C17H18ClNOS. The lowest BCUT2D eigenvalue weighted by Crippen LogP contribution is -2.39. The number of hydrogen-bond acceptors (Lipinski definition) is 2. The zero-order valence-corrected chi connectivity index (χ0v) is 13.6. The number of halogens is 1. The van der Waals surface area contributed by atoms with Crippen LogP contribution in [0.5, 0.6) is 0 Å². The van der Waals surface area contributed by atoms with E-state index in [2.05, 4.69) is 18.4 Å². The van der Waals surface area contributed by atoms with Gasteiger partial charge in [-0.05, 0) is 54.1 Å². The lowest BCUT2D eigenvalue weighted by Gasteiger charge is -2.36. The Hall–Kier alpha value is -1.32. The highest BCUT2D eigenvalue weighted by molar-refractivity contribution is 7.10. The van der Waals surface area contributed by atoms with Crippen molar-refractivity contribution < 1.29 is 4.79 Å². The van der Waals surface area contributed by atoms with Crippen LogP contribution in [-0.4, -0.2) is 17.4 Å². The normalized spacial score (nSPS) is 17.6. The Morgan fingerprint density at radius 1 is 1.33 bits per heavy atom. The van der Waals surface area contributed by atoms with Crippen molar-refractivity contribution in [3.05, 3.63) is 56.7 Å². The van der Waals surface area contributed by atoms with Crippen LogP contribution in [-0.2, 0) is 6.42 Å². The minimum absolute atomic E-state index is 0.113. The molecule has 0 N–H and O–H groups in total. The van der Waals surface area contributed by atoms with Gasteiger partial charge in [0.15, 0.2) is 0 Å². The average Bonchev–Trinajstić information content (AvgIpc) is 2.97. The van der Waals surface area contributed by atoms with Gasteiger partial charge in [-0.2, -0.15) is 0 Å². The van der Waals surface area contributed by atoms with E-state index in [9.17, 15) is 4.79 Å². The number of amides is 1. The molecule has 1 atom stereocenters. The fraction of sp³-hybridized carbons (Fsp3) is 0.353. The standard InChI is InChI=1S/C17H18ClNOS/c1-2-3-15-14-9-11-21-16(14)8-10-19(15)17(20)12-4-6-13(18)7-5-12/h4-7,9,11,15H,2-3,8,10H2,1H3/t15-/m0/s1. The van der Waals surface area contributed by atoms with E-state index in [-0.39, 0.29) is 11.9 Å². The Bertz CT molecular complexity index is 634. The monoisotopic (exact) mass is 319 g/mol. The van der Waals surface area contributed by atoms with Crippen molar-refractivity contribution >= 4 is 28.8 Å². The molecule has 0 bridgehead atoms. The zero-order chi connectivity index (χ0) is 14.8. The lowest BCUT2D eigenvalue weighted by atomic mass is 9.95. The summed E-state index contributed by atoms with van der Waals surface area (Å²) in [6.45, 7) is 2.98. The third-order valence-electron chi connectivity index (χ3n) is 4.01. The van der Waals surface area contributed by atoms with E-state index in [0.29, 0.717) is 5.02 Å². The topological polar surface area (TPSA) is 20.3 Å². The Balaban J connectivity index is 1.90. The van der Waals surface area contributed by atoms with Gasteiger partial charge in [-0.1, -0.05) is 24.9 Å². The first-order valence-corrected chi connectivity index (χ1v) is 8.59. The Morgan fingerprint density at radius 2 is 2.10 bits per heavy atom. The van der Waals surface area contributed by atoms with Gasteiger partial charge in [0, 0.05) is 22.0 Å². The van der Waals surface area contributed by atoms with Crippen molar-refractivity contribution in [1.82, 2.24) is 4.90 Å². The van der Waals surface area contributed by atoms with Crippen molar-refractivity contribution in [3.8, 4) is 0 Å². The molecule has 2 nitrogen and oxygen atoms in total. The van der Waals surface area contributed by atoms with Crippen LogP contribution in [0.15, 0.2) is 35.7 Å². The summed E-state index contributed by atoms with van der Waals surface area (Å²) in [5, 5.41) is 2.80. The molecule has 1 aliphatic rings. The van der Waals surface area contributed by atoms with Gasteiger partial charge in [-0.15, -0.1) is 11.3 Å². The smallest absolute Gasteiger partial charge is 0.254 e. The van der Waals surface area contributed by atoms with Gasteiger partial charge in [0.05, 0.1) is 6.04 Å². The van der Waals surface area contributed by atoms with Gasteiger partial charge in [0.25, 0.3) is 5.91 Å². The number of carbonyl (C=O) groups excluding carboxylic acids is 1. The lowest BCUT2D eigenvalue weighted by molar-refractivity contribution is 0.0651. The maximum absolute atomic E-state index is 12.8. The van der Waals surface area contributed by atoms with Crippen LogP contribution < -0.4 is 0 Å². The highest BCUT2D eigenvalue weighted by Gasteiger charge is 2.31. The van der Waals surface area contributed by atoms with Crippen LogP contribution >= 0.6 is 22.9 Å². The van der Waals surface area contributed by atoms with Crippen molar-refractivity contribution in [3.63, 3.8) is 0 Å². The molecular weight excluding hydrogens is 302 g/mol. The van der Waals surface area contributed by atoms with Gasteiger partial charge in [-0.3, -0.25) is 4.79 Å². The average molecular weight is 320 g/mol. The number of rotatable bonds is 3. The van der Waals surface area contributed by atoms with Gasteiger partial charge < -0.3 is 4.90 Å². The van der Waals surface area contributed by atoms with Crippen LogP contribution in [0.1, 0.15) is 46.6 Å². The molecule has 3 rings (SSSR count). The first-order valence-electron chi connectivity index (χ1n) is 7.33. The summed E-state index contributed by atoms with van der Waals surface area (Å²) in [5.74, 6) is 0.113. The number of fused-ring (bicyclic) bond motifs is 1. The maximum atomic E-state index is 12.8. The number of thiophene rings is 1. The van der Waals surface area contributed by atoms with Crippen molar-refractivity contribution in [1.29, 1.82) is 0 Å². The first-order chi connectivity index (χ1) is 10.2. The summed E-state index contributed by atoms with van der Waals surface area (Å²) >= 11 is 7.72. The summed E-state index contributed by atoms with van der Waals surface area (Å²) in [7, 11) is 0. The van der Waals surface area contributed by atoms with Gasteiger partial charge in [0.2, 0.25) is 0 Å². The third-order valence-corrected chi connectivity index (χ3v) is 5.26. The molecule has 0 radical (unpaired) electrons. The predicted molar refractivity (Wildman–Crippen MR) is 88.2 cm³/mol. The van der Waals surface area contributed by atoms with E-state index >= 15 is 0 Å². The molecule has 1 aromatic heterocycles. The number of carbonyl (C=O) groups is 1. The number of benzene rings is 1. The molecule has 0 spiro atoms. The van der Waals surface area contributed by atoms with Crippen LogP contribution in [0, 0.1) is 0 Å². The molecule has 21 heavy (non-hydrogen) atoms. The molecule has 1 aliphatic heterocycles. The SMILES string of the molecule is CCC[C@H]1c2ccsc2CCN1C(=O)c1ccc(Cl)cc1. The van der Waals surface area contributed by atoms with Crippen molar-refractivity contribution in [2.24, 2.45) is 0 Å². The van der Waals surface area contributed by atoms with E-state index < -0.39 is 0 Å². The molecule has 0 saturated heterocycles. The summed E-state index contributed by atoms with van der Waals surface area (Å²) in [6.07, 6.45) is 3.06. The first kappa shape index (κ1) is 14.6. The summed E-state index contributed by atoms with van der Waals surface area (Å²) < 4.78 is 0. The van der Waals surface area contributed by atoms with Crippen LogP contribution in [0.2, 0.25) is 5.02 Å². The molecule has 110 valence electrons. The predicted octanol–water partition coefficient (Wildman–Crippen LogP) is 4.94. The van der Waals surface area contributed by atoms with Crippen LogP contribution in [0.4, 0.5) is 0 Å². The van der Waals surface area contributed by atoms with Gasteiger partial charge in [0.1, 0.15) is 0 Å². The molecule has 0 saturated carbocycles. The molecule has 1 amide bonds. The number of hydrogen-bond donors (Lipinski definition) is 0. The molecule has 2 aromatic rings. The Morgan fingerprint density at radius 3 is 2.81 bits per heavy atom. The fourth-order valence-corrected chi connectivity index (χ4v) is 4.04. The summed E-state index contributed by atoms with van der Waals surface area (Å²) in [4.78, 5) is 16.3. The van der Waals surface area contributed by atoms with E-state index in [1.807, 2.05) is 28.4 Å². The second-order valence-corrected chi connectivity index (χ2v) is 6.80. The summed E-state index contributed by atoms with van der Waals surface area (Å²) in [5.41, 5.74) is 2.06. The molecule has 1 aromatic carbocycles. The third kappa shape index (κ3) is 2.85. The minimum Gasteiger partial charge on any atom is -0.331 e. The zero-order valence-electron chi connectivity index (χ0n) is 12.0. The van der Waals surface area contributed by atoms with Crippen molar-refractivity contribution in [2.75, 3.05) is 6.54 Å². The van der Waals surface area contributed by atoms with E-state index in [0.717, 1.165) is 31.4 Å². The van der Waals surface area contributed by atoms with E-state index in [1.54, 1.807) is 12.1 Å². The fourth-order valence-electron chi connectivity index (χ4n) is 2.98. The van der Waals surface area contributed by atoms with Gasteiger partial charge >= 0.3 is 0 Å². The largest absolute Gasteiger partial charge is 0.331 e. The molecule has 4 heteroatoms. The minimum atomic E-state index is 0.113. The highest BCUT2D eigenvalue weighted by atomic mass is 35.5. The molecule has 0 aliphatic carbocycles. The second kappa shape index (κ2) is 6.20. The quantitative estimate of drug-likeness (QED) is 0.784. The Kier molecular flexibility index (Phi) is 4.32. The van der Waals surface area contributed by atoms with Crippen LogP contribution in [0.25, 0.3) is 0 Å². The van der Waals surface area contributed by atoms with E-state index in [1.165, 1.54) is 10.4 Å². The molecule has 0 fully saturated rings. The molecule has 0 unspecified atom stereocenters. The Labute approximate surface area is 134 Å². The van der Waals surface area contributed by atoms with Crippen LogP contribution in [0.3, 0.4) is 0 Å². The van der Waals surface area contributed by atoms with Crippen molar-refractivity contribution in [2.45, 2.75) is 32.2 Å². The highest BCUT2D eigenvalue weighted by Crippen LogP contribution is 2.36. The summed E-state index contributed by atoms with van der Waals surface area (Å²) in [6, 6.07) is 9.59.